The topological polar surface area (TPSA) is 21.7 Å². The highest BCUT2D eigenvalue weighted by atomic mass is 32.1. The Hall–Kier alpha value is -2.06. The first kappa shape index (κ1) is 27.2. The Balaban J connectivity index is 1.99. The van der Waals surface area contributed by atoms with Crippen molar-refractivity contribution in [1.29, 1.82) is 0 Å². The fourth-order valence-electron chi connectivity index (χ4n) is 3.02. The number of nitrogens with zero attached hydrogens (tertiary/aromatic N) is 1. The number of thiophene rings is 1. The van der Waals surface area contributed by atoms with Gasteiger partial charge >= 0.3 is 0 Å². The summed E-state index contributed by atoms with van der Waals surface area (Å²) in [7, 11) is 0. The number of rotatable bonds is 11. The van der Waals surface area contributed by atoms with Crippen molar-refractivity contribution in [1.82, 2.24) is 4.90 Å². The zero-order chi connectivity index (χ0) is 24.5. The maximum Gasteiger partial charge on any atom is 0.132 e. The van der Waals surface area contributed by atoms with Crippen LogP contribution in [-0.2, 0) is 17.9 Å². The summed E-state index contributed by atoms with van der Waals surface area (Å²) in [4.78, 5) is 2.38. The van der Waals surface area contributed by atoms with Crippen molar-refractivity contribution in [3.8, 4) is 17.6 Å². The van der Waals surface area contributed by atoms with Gasteiger partial charge in [-0.05, 0) is 101 Å². The van der Waals surface area contributed by atoms with Gasteiger partial charge in [-0.25, -0.2) is 0 Å². The molecule has 0 aliphatic heterocycles. The average molecular weight is 468 g/mol. The van der Waals surface area contributed by atoms with Crippen LogP contribution in [0.25, 0.3) is 0 Å². The molecular formula is C29H41NO2S. The molecule has 0 fully saturated rings. The Bertz CT molecular complexity index is 940. The van der Waals surface area contributed by atoms with Crippen LogP contribution in [0.5, 0.6) is 5.75 Å². The van der Waals surface area contributed by atoms with Crippen LogP contribution in [0, 0.1) is 17.3 Å². The molecular weight excluding hydrogens is 426 g/mol. The summed E-state index contributed by atoms with van der Waals surface area (Å²) < 4.78 is 12.7. The molecule has 0 atom stereocenters. The number of likely N-dealkylation sites (N-methyl/N-ethyl adjacent to an activating group) is 1. The molecule has 0 saturated carbocycles. The maximum atomic E-state index is 6.46. The summed E-state index contributed by atoms with van der Waals surface area (Å²) in [5.74, 6) is 7.26. The molecule has 4 heteroatoms. The van der Waals surface area contributed by atoms with Crippen molar-refractivity contribution >= 4 is 11.3 Å². The third-order valence-corrected chi connectivity index (χ3v) is 6.50. The van der Waals surface area contributed by atoms with Crippen LogP contribution in [0.3, 0.4) is 0 Å². The Labute approximate surface area is 205 Å². The van der Waals surface area contributed by atoms with E-state index in [4.69, 9.17) is 9.47 Å². The highest BCUT2D eigenvalue weighted by Gasteiger charge is 2.40. The minimum Gasteiger partial charge on any atom is -0.485 e. The van der Waals surface area contributed by atoms with Crippen molar-refractivity contribution in [3.05, 3.63) is 64.4 Å². The summed E-state index contributed by atoms with van der Waals surface area (Å²) in [5.41, 5.74) is 1.51. The van der Waals surface area contributed by atoms with Gasteiger partial charge in [0.25, 0.3) is 0 Å². The molecule has 2 aromatic rings. The molecule has 0 aliphatic carbocycles. The van der Waals surface area contributed by atoms with Crippen LogP contribution in [0.1, 0.15) is 66.5 Å². The quantitative estimate of drug-likeness (QED) is 0.323. The lowest BCUT2D eigenvalue weighted by atomic mass is 9.89. The molecule has 0 unspecified atom stereocenters. The molecule has 33 heavy (non-hydrogen) atoms. The summed E-state index contributed by atoms with van der Waals surface area (Å²) in [5, 5.41) is 4.20. The van der Waals surface area contributed by atoms with Gasteiger partial charge in [0, 0.05) is 18.5 Å². The second-order valence-electron chi connectivity index (χ2n) is 10.4. The molecule has 1 aromatic heterocycles. The number of ether oxygens (including phenoxy) is 2. The van der Waals surface area contributed by atoms with Gasteiger partial charge in [-0.2, -0.15) is 11.3 Å². The first-order valence-corrected chi connectivity index (χ1v) is 12.7. The van der Waals surface area contributed by atoms with Gasteiger partial charge in [-0.1, -0.05) is 37.0 Å². The summed E-state index contributed by atoms with van der Waals surface area (Å²) in [6.45, 7) is 20.2. The van der Waals surface area contributed by atoms with Crippen LogP contribution in [0.4, 0.5) is 0 Å². The number of hydrogen-bond donors (Lipinski definition) is 0. The zero-order valence-corrected chi connectivity index (χ0v) is 22.5. The average Bonchev–Trinajstić information content (AvgIpc) is 3.24. The number of allylic oxidation sites excluding steroid dienone is 1. The van der Waals surface area contributed by atoms with Gasteiger partial charge < -0.3 is 9.47 Å². The van der Waals surface area contributed by atoms with Crippen molar-refractivity contribution in [3.63, 3.8) is 0 Å². The third kappa shape index (κ3) is 9.37. The van der Waals surface area contributed by atoms with Crippen LogP contribution in [0.15, 0.2) is 53.2 Å². The Morgan fingerprint density at radius 3 is 2.39 bits per heavy atom. The lowest BCUT2D eigenvalue weighted by Gasteiger charge is -2.41. The van der Waals surface area contributed by atoms with Crippen LogP contribution >= 0.6 is 11.3 Å². The van der Waals surface area contributed by atoms with E-state index in [9.17, 15) is 0 Å². The first-order chi connectivity index (χ1) is 15.4. The molecule has 0 bridgehead atoms. The second kappa shape index (κ2) is 11.9. The molecule has 1 aromatic carbocycles. The summed E-state index contributed by atoms with van der Waals surface area (Å²) in [6, 6.07) is 10.5. The van der Waals surface area contributed by atoms with Gasteiger partial charge in [0.1, 0.15) is 17.0 Å². The van der Waals surface area contributed by atoms with E-state index in [1.165, 1.54) is 11.1 Å². The van der Waals surface area contributed by atoms with E-state index in [1.807, 2.05) is 12.1 Å². The van der Waals surface area contributed by atoms with E-state index >= 15 is 0 Å². The monoisotopic (exact) mass is 467 g/mol. The van der Waals surface area contributed by atoms with Crippen molar-refractivity contribution in [2.24, 2.45) is 5.41 Å². The highest BCUT2D eigenvalue weighted by Crippen LogP contribution is 2.32. The van der Waals surface area contributed by atoms with Crippen LogP contribution < -0.4 is 4.74 Å². The van der Waals surface area contributed by atoms with Gasteiger partial charge in [-0.15, -0.1) is 0 Å². The molecule has 0 saturated heterocycles. The first-order valence-electron chi connectivity index (χ1n) is 11.7. The van der Waals surface area contributed by atoms with E-state index < -0.39 is 11.2 Å². The Morgan fingerprint density at radius 1 is 1.00 bits per heavy atom. The largest absolute Gasteiger partial charge is 0.485 e. The molecule has 180 valence electrons. The van der Waals surface area contributed by atoms with E-state index in [1.54, 1.807) is 11.3 Å². The van der Waals surface area contributed by atoms with Gasteiger partial charge in [0.15, 0.2) is 0 Å². The van der Waals surface area contributed by atoms with Crippen molar-refractivity contribution < 1.29 is 9.47 Å². The summed E-state index contributed by atoms with van der Waals surface area (Å²) in [6.07, 6.45) is 4.10. The smallest absolute Gasteiger partial charge is 0.132 e. The predicted octanol–water partition coefficient (Wildman–Crippen LogP) is 7.33. The lowest BCUT2D eigenvalue weighted by molar-refractivity contribution is -0.141. The van der Waals surface area contributed by atoms with E-state index in [2.05, 4.69) is 113 Å². The Kier molecular flexibility index (Phi) is 9.79. The molecule has 2 rings (SSSR count). The molecule has 0 radical (unpaired) electrons. The molecule has 0 spiro atoms. The highest BCUT2D eigenvalue weighted by molar-refractivity contribution is 7.07. The van der Waals surface area contributed by atoms with E-state index in [-0.39, 0.29) is 5.41 Å². The number of benzene rings is 1. The third-order valence-electron chi connectivity index (χ3n) is 5.77. The zero-order valence-electron chi connectivity index (χ0n) is 21.7. The van der Waals surface area contributed by atoms with Gasteiger partial charge in [-0.3, -0.25) is 4.90 Å². The van der Waals surface area contributed by atoms with E-state index in [0.29, 0.717) is 6.61 Å². The summed E-state index contributed by atoms with van der Waals surface area (Å²) >= 11 is 1.69. The Morgan fingerprint density at radius 2 is 1.76 bits per heavy atom. The lowest BCUT2D eigenvalue weighted by Crippen LogP contribution is -2.51. The molecule has 0 N–H and O–H groups in total. The fraction of sp³-hybridized carbons (Fsp3) is 0.517. The second-order valence-corrected chi connectivity index (χ2v) is 11.2. The van der Waals surface area contributed by atoms with Crippen molar-refractivity contribution in [2.45, 2.75) is 79.7 Å². The standard InChI is InChI=1S/C29H41NO2S/c1-9-30(18-12-10-11-17-27(2,3)4)21-24-14-13-15-26(20-24)32-29(7,8)28(5,6)31-22-25-16-19-33-23-25/h10,12-16,19-20,23H,9,18,21-22H2,1-8H3. The van der Waals surface area contributed by atoms with E-state index in [0.717, 1.165) is 25.4 Å². The molecule has 1 heterocycles. The fourth-order valence-corrected chi connectivity index (χ4v) is 3.67. The predicted molar refractivity (Wildman–Crippen MR) is 142 cm³/mol. The van der Waals surface area contributed by atoms with Crippen LogP contribution in [-0.4, -0.2) is 29.2 Å². The minimum atomic E-state index is -0.499. The SMILES string of the molecule is CCN(CC=CC#CC(C)(C)C)Cc1cccc(OC(C)(C)C(C)(C)OCc2ccsc2)c1. The minimum absolute atomic E-state index is 0.0342. The maximum absolute atomic E-state index is 6.46. The molecule has 0 amide bonds. The van der Waals surface area contributed by atoms with Crippen molar-refractivity contribution in [2.75, 3.05) is 13.1 Å². The normalized spacial score (nSPS) is 12.8. The molecule has 0 aliphatic rings. The van der Waals surface area contributed by atoms with Gasteiger partial charge in [0.05, 0.1) is 6.61 Å². The van der Waals surface area contributed by atoms with Crippen LogP contribution in [0.2, 0.25) is 0 Å². The van der Waals surface area contributed by atoms with Gasteiger partial charge in [0.2, 0.25) is 0 Å². The number of hydrogen-bond acceptors (Lipinski definition) is 4. The molecule has 3 nitrogen and oxygen atoms in total.